The Hall–Kier alpha value is -1.57. The predicted octanol–water partition coefficient (Wildman–Crippen LogP) is 4.36. The summed E-state index contributed by atoms with van der Waals surface area (Å²) in [6.07, 6.45) is 2.14. The summed E-state index contributed by atoms with van der Waals surface area (Å²) in [7, 11) is 0. The van der Waals surface area contributed by atoms with Crippen LogP contribution in [0, 0.1) is 0 Å². The summed E-state index contributed by atoms with van der Waals surface area (Å²) in [5.74, 6) is -0.538. The van der Waals surface area contributed by atoms with Gasteiger partial charge in [-0.2, -0.15) is 5.10 Å². The van der Waals surface area contributed by atoms with Gasteiger partial charge >= 0.3 is 0 Å². The minimum atomic E-state index is -0.252. The zero-order valence-corrected chi connectivity index (χ0v) is 16.2. The first-order chi connectivity index (χ1) is 11.4. The number of hydrazone groups is 1. The molecule has 0 heterocycles. The van der Waals surface area contributed by atoms with E-state index in [1.807, 2.05) is 12.1 Å². The first kappa shape index (κ1) is 18.8. The third-order valence-corrected chi connectivity index (χ3v) is 4.75. The van der Waals surface area contributed by atoms with Crippen LogP contribution < -0.4 is 5.43 Å². The van der Waals surface area contributed by atoms with E-state index in [-0.39, 0.29) is 28.3 Å². The number of nitrogens with one attached hydrogen (secondary N) is 1. The van der Waals surface area contributed by atoms with E-state index in [0.29, 0.717) is 21.5 Å². The van der Waals surface area contributed by atoms with Crippen LogP contribution in [-0.2, 0) is 11.2 Å². The quantitative estimate of drug-likeness (QED) is 0.443. The van der Waals surface area contributed by atoms with Crippen molar-refractivity contribution in [3.63, 3.8) is 0 Å². The highest BCUT2D eigenvalue weighted by atomic mass is 79.9. The molecular weight excluding hydrogens is 463 g/mol. The molecule has 1 amide bonds. The monoisotopic (exact) mass is 474 g/mol. The van der Waals surface area contributed by atoms with Gasteiger partial charge in [0, 0.05) is 17.0 Å². The second-order valence-corrected chi connectivity index (χ2v) is 6.96. The van der Waals surface area contributed by atoms with Crippen LogP contribution in [0.4, 0.5) is 0 Å². The maximum atomic E-state index is 11.8. The molecule has 126 valence electrons. The van der Waals surface area contributed by atoms with Crippen LogP contribution in [-0.4, -0.2) is 22.3 Å². The molecule has 0 unspecified atom stereocenters. The number of aromatic hydroxyl groups is 2. The Morgan fingerprint density at radius 3 is 2.54 bits per heavy atom. The molecule has 0 aliphatic heterocycles. The van der Waals surface area contributed by atoms with Gasteiger partial charge in [0.1, 0.15) is 16.0 Å². The van der Waals surface area contributed by atoms with Crippen molar-refractivity contribution < 1.29 is 15.0 Å². The zero-order valence-electron chi connectivity index (χ0n) is 12.3. The molecule has 24 heavy (non-hydrogen) atoms. The molecule has 0 spiro atoms. The highest BCUT2D eigenvalue weighted by Crippen LogP contribution is 2.40. The summed E-state index contributed by atoms with van der Waals surface area (Å²) in [5.41, 5.74) is 3.73. The lowest BCUT2D eigenvalue weighted by molar-refractivity contribution is -0.121. The number of benzene rings is 2. The molecule has 5 nitrogen and oxygen atoms in total. The lowest BCUT2D eigenvalue weighted by Gasteiger charge is -2.06. The Labute approximate surface area is 160 Å². The van der Waals surface area contributed by atoms with Gasteiger partial charge in [0.2, 0.25) is 5.91 Å². The maximum absolute atomic E-state index is 11.8. The van der Waals surface area contributed by atoms with Crippen molar-refractivity contribution in [2.24, 2.45) is 5.10 Å². The largest absolute Gasteiger partial charge is 0.506 e. The number of amides is 1. The third-order valence-electron chi connectivity index (χ3n) is 3.14. The Balaban J connectivity index is 1.92. The van der Waals surface area contributed by atoms with Crippen molar-refractivity contribution in [1.29, 1.82) is 0 Å². The number of nitrogens with zero attached hydrogens (tertiary/aromatic N) is 1. The van der Waals surface area contributed by atoms with Crippen LogP contribution in [0.5, 0.6) is 11.5 Å². The van der Waals surface area contributed by atoms with Crippen molar-refractivity contribution in [3.8, 4) is 11.5 Å². The molecule has 0 bridgehead atoms. The molecule has 0 radical (unpaired) electrons. The Bertz CT molecular complexity index is 780. The highest BCUT2D eigenvalue weighted by Gasteiger charge is 2.12. The van der Waals surface area contributed by atoms with Gasteiger partial charge < -0.3 is 10.2 Å². The van der Waals surface area contributed by atoms with Crippen molar-refractivity contribution in [1.82, 2.24) is 5.43 Å². The van der Waals surface area contributed by atoms with Crippen molar-refractivity contribution in [2.75, 3.05) is 0 Å². The van der Waals surface area contributed by atoms with Crippen molar-refractivity contribution in [3.05, 3.63) is 55.4 Å². The van der Waals surface area contributed by atoms with E-state index in [2.05, 4.69) is 42.4 Å². The Morgan fingerprint density at radius 2 is 1.88 bits per heavy atom. The summed E-state index contributed by atoms with van der Waals surface area (Å²) in [6, 6.07) is 8.76. The molecule has 0 saturated carbocycles. The molecular formula is C16H13Br2ClN2O3. The van der Waals surface area contributed by atoms with E-state index in [1.165, 1.54) is 12.3 Å². The molecule has 3 N–H and O–H groups in total. The molecule has 0 saturated heterocycles. The van der Waals surface area contributed by atoms with Crippen molar-refractivity contribution >= 4 is 55.6 Å². The molecule has 2 aromatic rings. The van der Waals surface area contributed by atoms with Crippen LogP contribution >= 0.6 is 43.5 Å². The zero-order chi connectivity index (χ0) is 17.7. The second kappa shape index (κ2) is 8.50. The fourth-order valence-corrected chi connectivity index (χ4v) is 3.13. The first-order valence-corrected chi connectivity index (χ1v) is 8.81. The summed E-state index contributed by atoms with van der Waals surface area (Å²) in [4.78, 5) is 11.8. The molecule has 2 rings (SSSR count). The second-order valence-electron chi connectivity index (χ2n) is 4.88. The van der Waals surface area contributed by atoms with Crippen molar-refractivity contribution in [2.45, 2.75) is 12.8 Å². The number of phenolic OH excluding ortho intramolecular Hbond substituents is 2. The Kier molecular flexibility index (Phi) is 6.65. The molecule has 8 heteroatoms. The molecule has 0 aliphatic rings. The number of halogens is 3. The van der Waals surface area contributed by atoms with Gasteiger partial charge in [-0.3, -0.25) is 4.79 Å². The SMILES string of the molecule is O=C(CCc1ccc(Cl)cc1)N/N=C\c1cc(Br)c(O)c(Br)c1O. The fraction of sp³-hybridized carbons (Fsp3) is 0.125. The van der Waals surface area contributed by atoms with Crippen LogP contribution in [0.2, 0.25) is 5.02 Å². The summed E-state index contributed by atoms with van der Waals surface area (Å²) in [5, 5.41) is 24.0. The van der Waals surface area contributed by atoms with Gasteiger partial charge in [0.25, 0.3) is 0 Å². The van der Waals surface area contributed by atoms with E-state index in [9.17, 15) is 15.0 Å². The van der Waals surface area contributed by atoms with Crippen LogP contribution in [0.3, 0.4) is 0 Å². The van der Waals surface area contributed by atoms with Gasteiger partial charge in [-0.25, -0.2) is 5.43 Å². The summed E-state index contributed by atoms with van der Waals surface area (Å²) >= 11 is 12.0. The van der Waals surface area contributed by atoms with Crippen LogP contribution in [0.15, 0.2) is 44.4 Å². The van der Waals surface area contributed by atoms with E-state index < -0.39 is 0 Å². The molecule has 0 fully saturated rings. The minimum absolute atomic E-state index is 0.114. The first-order valence-electron chi connectivity index (χ1n) is 6.84. The highest BCUT2D eigenvalue weighted by molar-refractivity contribution is 9.11. The smallest absolute Gasteiger partial charge is 0.240 e. The standard InChI is InChI=1S/C16H13Br2ClN2O3/c17-12-7-10(15(23)14(18)16(12)24)8-20-21-13(22)6-3-9-1-4-11(19)5-2-9/h1-2,4-5,7-8,23-24H,3,6H2,(H,21,22)/b20-8-. The predicted molar refractivity (Wildman–Crippen MR) is 101 cm³/mol. The lowest BCUT2D eigenvalue weighted by atomic mass is 10.1. The van der Waals surface area contributed by atoms with Gasteiger partial charge in [0.05, 0.1) is 10.7 Å². The van der Waals surface area contributed by atoms with Crippen LogP contribution in [0.1, 0.15) is 17.5 Å². The average molecular weight is 477 g/mol. The lowest BCUT2D eigenvalue weighted by Crippen LogP contribution is -2.17. The average Bonchev–Trinajstić information content (AvgIpc) is 2.57. The number of phenols is 2. The number of hydrogen-bond donors (Lipinski definition) is 3. The van der Waals surface area contributed by atoms with Gasteiger partial charge in [0.15, 0.2) is 0 Å². The van der Waals surface area contributed by atoms with E-state index in [4.69, 9.17) is 11.6 Å². The van der Waals surface area contributed by atoms with E-state index in [1.54, 1.807) is 12.1 Å². The molecule has 2 aromatic carbocycles. The minimum Gasteiger partial charge on any atom is -0.506 e. The number of hydrogen-bond acceptors (Lipinski definition) is 4. The maximum Gasteiger partial charge on any atom is 0.240 e. The summed E-state index contributed by atoms with van der Waals surface area (Å²) in [6.45, 7) is 0. The van der Waals surface area contributed by atoms with E-state index in [0.717, 1.165) is 5.56 Å². The molecule has 0 aliphatic carbocycles. The summed E-state index contributed by atoms with van der Waals surface area (Å²) < 4.78 is 0.537. The van der Waals surface area contributed by atoms with E-state index >= 15 is 0 Å². The molecule has 0 atom stereocenters. The Morgan fingerprint density at radius 1 is 1.21 bits per heavy atom. The number of aryl methyl sites for hydroxylation is 1. The normalized spacial score (nSPS) is 11.0. The number of carbonyl (C=O) groups excluding carboxylic acids is 1. The topological polar surface area (TPSA) is 81.9 Å². The van der Waals surface area contributed by atoms with Gasteiger partial charge in [-0.05, 0) is 62.0 Å². The molecule has 0 aromatic heterocycles. The number of rotatable bonds is 5. The van der Waals surface area contributed by atoms with Gasteiger partial charge in [-0.1, -0.05) is 23.7 Å². The van der Waals surface area contributed by atoms with Crippen LogP contribution in [0.25, 0.3) is 0 Å². The van der Waals surface area contributed by atoms with Gasteiger partial charge in [-0.15, -0.1) is 0 Å². The third kappa shape index (κ3) is 4.96. The number of carbonyl (C=O) groups is 1. The fourth-order valence-electron chi connectivity index (χ4n) is 1.85.